The van der Waals surface area contributed by atoms with Crippen LogP contribution in [0.1, 0.15) is 50.7 Å². The molecule has 0 radical (unpaired) electrons. The highest BCUT2D eigenvalue weighted by molar-refractivity contribution is 6.38. The normalized spacial score (nSPS) is 10.4. The molecule has 156 valence electrons. The van der Waals surface area contributed by atoms with Gasteiger partial charge in [-0.15, -0.1) is 0 Å². The van der Waals surface area contributed by atoms with Gasteiger partial charge in [0.05, 0.1) is 38.5 Å². The number of ether oxygens (including phenoxy) is 4. The van der Waals surface area contributed by atoms with E-state index in [4.69, 9.17) is 42.1 Å². The monoisotopic (exact) mass is 428 g/mol. The minimum atomic E-state index is 0.217. The van der Waals surface area contributed by atoms with Gasteiger partial charge in [-0.05, 0) is 35.1 Å². The van der Waals surface area contributed by atoms with Crippen LogP contribution in [0, 0.1) is 0 Å². The van der Waals surface area contributed by atoms with Crippen molar-refractivity contribution >= 4 is 23.2 Å². The Balaban J connectivity index is 0.000000283. The Morgan fingerprint density at radius 3 is 1.32 bits per heavy atom. The lowest BCUT2D eigenvalue weighted by Gasteiger charge is -2.16. The predicted octanol–water partition coefficient (Wildman–Crippen LogP) is 6.96. The summed E-state index contributed by atoms with van der Waals surface area (Å²) in [5.41, 5.74) is 2.09. The molecule has 0 aromatic heterocycles. The highest BCUT2D eigenvalue weighted by Crippen LogP contribution is 2.43. The van der Waals surface area contributed by atoms with E-state index < -0.39 is 0 Å². The van der Waals surface area contributed by atoms with E-state index in [-0.39, 0.29) is 5.92 Å². The molecule has 28 heavy (non-hydrogen) atoms. The van der Waals surface area contributed by atoms with Crippen molar-refractivity contribution in [2.24, 2.45) is 0 Å². The van der Waals surface area contributed by atoms with E-state index in [2.05, 4.69) is 13.8 Å². The van der Waals surface area contributed by atoms with Gasteiger partial charge in [0.1, 0.15) is 23.0 Å². The average molecular weight is 429 g/mol. The van der Waals surface area contributed by atoms with Gasteiger partial charge in [0.15, 0.2) is 0 Å². The number of hydrogen-bond donors (Lipinski definition) is 0. The molecule has 6 heteroatoms. The first-order chi connectivity index (χ1) is 13.2. The number of hydrogen-bond acceptors (Lipinski definition) is 4. The second-order valence-electron chi connectivity index (χ2n) is 6.78. The highest BCUT2D eigenvalue weighted by Gasteiger charge is 2.18. The first kappa shape index (κ1) is 24.3. The number of halogens is 2. The second kappa shape index (κ2) is 11.3. The van der Waals surface area contributed by atoms with Crippen LogP contribution in [0.2, 0.25) is 10.0 Å². The summed E-state index contributed by atoms with van der Waals surface area (Å²) in [6, 6.07) is 7.64. The van der Waals surface area contributed by atoms with E-state index in [1.54, 1.807) is 34.5 Å². The molecule has 2 aromatic carbocycles. The third kappa shape index (κ3) is 6.11. The van der Waals surface area contributed by atoms with Crippen LogP contribution in [0.3, 0.4) is 0 Å². The zero-order chi connectivity index (χ0) is 21.4. The maximum atomic E-state index is 6.17. The Morgan fingerprint density at radius 2 is 1.04 bits per heavy atom. The van der Waals surface area contributed by atoms with Crippen LogP contribution in [-0.4, -0.2) is 28.4 Å². The molecule has 0 aliphatic carbocycles. The molecule has 0 spiro atoms. The molecule has 4 nitrogen and oxygen atoms in total. The van der Waals surface area contributed by atoms with E-state index >= 15 is 0 Å². The molecule has 0 fully saturated rings. The molecule has 0 aliphatic heterocycles. The zero-order valence-corrected chi connectivity index (χ0v) is 19.4. The summed E-state index contributed by atoms with van der Waals surface area (Å²) < 4.78 is 20.7. The van der Waals surface area contributed by atoms with E-state index in [0.717, 1.165) is 17.1 Å². The molecule has 2 aromatic rings. The van der Waals surface area contributed by atoms with Crippen molar-refractivity contribution in [2.45, 2.75) is 39.5 Å². The van der Waals surface area contributed by atoms with Crippen LogP contribution in [0.4, 0.5) is 0 Å². The van der Waals surface area contributed by atoms with Crippen molar-refractivity contribution in [1.82, 2.24) is 0 Å². The number of methoxy groups -OCH3 is 4. The summed E-state index contributed by atoms with van der Waals surface area (Å²) in [5, 5.41) is 1.11. The fraction of sp³-hybridized carbons (Fsp3) is 0.455. The average Bonchev–Trinajstić information content (AvgIpc) is 2.68. The van der Waals surface area contributed by atoms with Gasteiger partial charge in [0.25, 0.3) is 0 Å². The lowest BCUT2D eigenvalue weighted by molar-refractivity contribution is 0.393. The van der Waals surface area contributed by atoms with Gasteiger partial charge in [-0.25, -0.2) is 0 Å². The molecule has 0 N–H and O–H groups in total. The largest absolute Gasteiger partial charge is 0.497 e. The smallest absolute Gasteiger partial charge is 0.141 e. The van der Waals surface area contributed by atoms with Crippen LogP contribution in [0.5, 0.6) is 23.0 Å². The van der Waals surface area contributed by atoms with Crippen LogP contribution >= 0.6 is 23.2 Å². The molecular weight excluding hydrogens is 399 g/mol. The SMILES string of the molecule is COc1cc(OC)c(Cl)c(C(C)C)c1Cl.COc1cc(OC)cc(C(C)C)c1. The van der Waals surface area contributed by atoms with Crippen molar-refractivity contribution in [2.75, 3.05) is 28.4 Å². The van der Waals surface area contributed by atoms with Gasteiger partial charge in [-0.3, -0.25) is 0 Å². The molecule has 0 unspecified atom stereocenters. The molecule has 0 saturated heterocycles. The Bertz CT molecular complexity index is 723. The number of rotatable bonds is 6. The standard InChI is InChI=1S/C11H14Cl2O2.C11H16O2/c1-6(2)9-10(12)7(14-3)5-8(15-4)11(9)13;1-8(2)9-5-10(12-3)7-11(6-9)13-4/h5-6H,1-4H3;5-8H,1-4H3. The Kier molecular flexibility index (Phi) is 9.77. The van der Waals surface area contributed by atoms with E-state index in [1.165, 1.54) is 5.56 Å². The fourth-order valence-corrected chi connectivity index (χ4v) is 3.51. The fourth-order valence-electron chi connectivity index (χ4n) is 2.57. The third-order valence-corrected chi connectivity index (χ3v) is 5.01. The zero-order valence-electron chi connectivity index (χ0n) is 17.9. The maximum Gasteiger partial charge on any atom is 0.141 e. The van der Waals surface area contributed by atoms with Gasteiger partial charge < -0.3 is 18.9 Å². The highest BCUT2D eigenvalue weighted by atomic mass is 35.5. The second-order valence-corrected chi connectivity index (χ2v) is 7.53. The summed E-state index contributed by atoms with van der Waals surface area (Å²) in [7, 11) is 6.47. The summed E-state index contributed by atoms with van der Waals surface area (Å²) in [4.78, 5) is 0. The number of benzene rings is 2. The van der Waals surface area contributed by atoms with E-state index in [1.807, 2.05) is 32.0 Å². The van der Waals surface area contributed by atoms with Crippen molar-refractivity contribution in [1.29, 1.82) is 0 Å². The summed E-state index contributed by atoms with van der Waals surface area (Å²) in [6.07, 6.45) is 0. The minimum Gasteiger partial charge on any atom is -0.497 e. The quantitative estimate of drug-likeness (QED) is 0.497. The first-order valence-corrected chi connectivity index (χ1v) is 9.78. The molecule has 0 aliphatic rings. The maximum absolute atomic E-state index is 6.17. The van der Waals surface area contributed by atoms with Crippen molar-refractivity contribution in [3.63, 3.8) is 0 Å². The molecule has 0 amide bonds. The van der Waals surface area contributed by atoms with Crippen LogP contribution in [-0.2, 0) is 0 Å². The summed E-state index contributed by atoms with van der Waals surface area (Å²) in [6.45, 7) is 8.33. The summed E-state index contributed by atoms with van der Waals surface area (Å²) >= 11 is 12.3. The Morgan fingerprint density at radius 1 is 0.607 bits per heavy atom. The van der Waals surface area contributed by atoms with Gasteiger partial charge in [-0.1, -0.05) is 50.9 Å². The molecule has 0 saturated carbocycles. The van der Waals surface area contributed by atoms with Gasteiger partial charge in [0, 0.05) is 12.1 Å². The van der Waals surface area contributed by atoms with Crippen molar-refractivity contribution in [3.05, 3.63) is 45.4 Å². The van der Waals surface area contributed by atoms with Crippen molar-refractivity contribution in [3.8, 4) is 23.0 Å². The van der Waals surface area contributed by atoms with Crippen LogP contribution in [0.15, 0.2) is 24.3 Å². The topological polar surface area (TPSA) is 36.9 Å². The third-order valence-electron chi connectivity index (χ3n) is 4.23. The predicted molar refractivity (Wildman–Crippen MR) is 117 cm³/mol. The van der Waals surface area contributed by atoms with Gasteiger partial charge >= 0.3 is 0 Å². The Labute approximate surface area is 178 Å². The molecule has 2 rings (SSSR count). The van der Waals surface area contributed by atoms with Crippen LogP contribution < -0.4 is 18.9 Å². The van der Waals surface area contributed by atoms with Crippen molar-refractivity contribution < 1.29 is 18.9 Å². The molecule has 0 atom stereocenters. The molecule has 0 heterocycles. The molecular formula is C22H30Cl2O4. The van der Waals surface area contributed by atoms with Crippen LogP contribution in [0.25, 0.3) is 0 Å². The van der Waals surface area contributed by atoms with Gasteiger partial charge in [0.2, 0.25) is 0 Å². The van der Waals surface area contributed by atoms with Gasteiger partial charge in [-0.2, -0.15) is 0 Å². The Hall–Kier alpha value is -1.78. The lowest BCUT2D eigenvalue weighted by atomic mass is 10.0. The lowest BCUT2D eigenvalue weighted by Crippen LogP contribution is -1.97. The van der Waals surface area contributed by atoms with E-state index in [0.29, 0.717) is 27.5 Å². The first-order valence-electron chi connectivity index (χ1n) is 9.02. The molecule has 0 bridgehead atoms. The minimum absolute atomic E-state index is 0.217. The van der Waals surface area contributed by atoms with E-state index in [9.17, 15) is 0 Å². The summed E-state index contributed by atoms with van der Waals surface area (Å²) in [5.74, 6) is 3.58.